The minimum absolute atomic E-state index is 0.269. The molecule has 0 radical (unpaired) electrons. The average molecular weight is 288 g/mol. The predicted octanol–water partition coefficient (Wildman–Crippen LogP) is 2.88. The summed E-state index contributed by atoms with van der Waals surface area (Å²) in [5.41, 5.74) is 1.96. The van der Waals surface area contributed by atoms with Gasteiger partial charge in [-0.2, -0.15) is 0 Å². The Balaban J connectivity index is 1.89. The van der Waals surface area contributed by atoms with E-state index in [0.717, 1.165) is 26.1 Å². The lowest BCUT2D eigenvalue weighted by Gasteiger charge is -2.32. The molecule has 3 nitrogen and oxygen atoms in total. The van der Waals surface area contributed by atoms with Crippen molar-refractivity contribution in [3.63, 3.8) is 0 Å². The van der Waals surface area contributed by atoms with Gasteiger partial charge in [-0.25, -0.2) is 0 Å². The second-order valence-corrected chi connectivity index (χ2v) is 7.10. The van der Waals surface area contributed by atoms with E-state index in [2.05, 4.69) is 52.0 Å². The van der Waals surface area contributed by atoms with E-state index in [4.69, 9.17) is 14.0 Å². The molecule has 0 aromatic heterocycles. The molecule has 21 heavy (non-hydrogen) atoms. The van der Waals surface area contributed by atoms with E-state index in [0.29, 0.717) is 5.92 Å². The third-order valence-corrected chi connectivity index (χ3v) is 5.16. The van der Waals surface area contributed by atoms with E-state index in [-0.39, 0.29) is 18.3 Å². The van der Waals surface area contributed by atoms with Gasteiger partial charge in [0, 0.05) is 13.2 Å². The summed E-state index contributed by atoms with van der Waals surface area (Å²) in [5.74, 6) is 0.550. The molecule has 0 spiro atoms. The van der Waals surface area contributed by atoms with Crippen LogP contribution in [0.2, 0.25) is 0 Å². The molecule has 0 saturated carbocycles. The number of ether oxygens (including phenoxy) is 1. The molecule has 4 heteroatoms. The summed E-state index contributed by atoms with van der Waals surface area (Å²) in [4.78, 5) is 0. The largest absolute Gasteiger partial charge is 0.495 e. The maximum Gasteiger partial charge on any atom is 0.495 e. The van der Waals surface area contributed by atoms with Crippen LogP contribution >= 0.6 is 0 Å². The zero-order chi connectivity index (χ0) is 15.1. The summed E-state index contributed by atoms with van der Waals surface area (Å²) in [5, 5.41) is 0. The highest BCUT2D eigenvalue weighted by Gasteiger charge is 2.52. The van der Waals surface area contributed by atoms with Gasteiger partial charge in [-0.1, -0.05) is 24.3 Å². The molecule has 2 heterocycles. The van der Waals surface area contributed by atoms with Crippen LogP contribution in [0.1, 0.15) is 52.0 Å². The minimum atomic E-state index is -0.291. The van der Waals surface area contributed by atoms with Gasteiger partial charge < -0.3 is 14.0 Å². The SMILES string of the molecule is CC1(C)OB(c2ccccc2C2CCOCC2)OC1(C)C. The molecular formula is C17H25BO3. The highest BCUT2D eigenvalue weighted by Crippen LogP contribution is 2.37. The fourth-order valence-corrected chi connectivity index (χ4v) is 3.08. The first kappa shape index (κ1) is 15.1. The summed E-state index contributed by atoms with van der Waals surface area (Å²) in [6.07, 6.45) is 2.16. The van der Waals surface area contributed by atoms with Crippen LogP contribution in [0, 0.1) is 0 Å². The van der Waals surface area contributed by atoms with Gasteiger partial charge in [0.1, 0.15) is 0 Å². The van der Waals surface area contributed by atoms with Crippen molar-refractivity contribution >= 4 is 12.6 Å². The second kappa shape index (κ2) is 5.42. The van der Waals surface area contributed by atoms with E-state index >= 15 is 0 Å². The Morgan fingerprint density at radius 3 is 2.14 bits per heavy atom. The predicted molar refractivity (Wildman–Crippen MR) is 85.0 cm³/mol. The van der Waals surface area contributed by atoms with E-state index in [1.807, 2.05) is 0 Å². The molecule has 0 amide bonds. The van der Waals surface area contributed by atoms with Crippen molar-refractivity contribution in [2.75, 3.05) is 13.2 Å². The lowest BCUT2D eigenvalue weighted by molar-refractivity contribution is 0.00578. The van der Waals surface area contributed by atoms with E-state index < -0.39 is 0 Å². The number of benzene rings is 1. The summed E-state index contributed by atoms with van der Waals surface area (Å²) >= 11 is 0. The minimum Gasteiger partial charge on any atom is -0.399 e. The van der Waals surface area contributed by atoms with Crippen LogP contribution in [-0.4, -0.2) is 31.5 Å². The Bertz CT molecular complexity index is 491. The summed E-state index contributed by atoms with van der Waals surface area (Å²) in [6, 6.07) is 8.55. The lowest BCUT2D eigenvalue weighted by Crippen LogP contribution is -2.41. The third-order valence-electron chi connectivity index (χ3n) is 5.16. The van der Waals surface area contributed by atoms with Crippen molar-refractivity contribution in [1.29, 1.82) is 0 Å². The zero-order valence-electron chi connectivity index (χ0n) is 13.5. The molecule has 0 unspecified atom stereocenters. The van der Waals surface area contributed by atoms with Crippen molar-refractivity contribution in [2.45, 2.75) is 57.7 Å². The number of rotatable bonds is 2. The summed E-state index contributed by atoms with van der Waals surface area (Å²) in [7, 11) is -0.269. The first-order valence-electron chi connectivity index (χ1n) is 7.93. The molecule has 1 aromatic rings. The average Bonchev–Trinajstić information content (AvgIpc) is 2.68. The van der Waals surface area contributed by atoms with Crippen LogP contribution in [0.4, 0.5) is 0 Å². The van der Waals surface area contributed by atoms with Gasteiger partial charge in [-0.05, 0) is 57.5 Å². The molecule has 0 aliphatic carbocycles. The fourth-order valence-electron chi connectivity index (χ4n) is 3.08. The van der Waals surface area contributed by atoms with Gasteiger partial charge in [0.05, 0.1) is 11.2 Å². The first-order valence-corrected chi connectivity index (χ1v) is 7.93. The highest BCUT2D eigenvalue weighted by molar-refractivity contribution is 6.62. The Hall–Kier alpha value is -0.835. The van der Waals surface area contributed by atoms with Crippen molar-refractivity contribution in [3.8, 4) is 0 Å². The number of hydrogen-bond donors (Lipinski definition) is 0. The highest BCUT2D eigenvalue weighted by atomic mass is 16.7. The van der Waals surface area contributed by atoms with Gasteiger partial charge >= 0.3 is 7.12 Å². The smallest absolute Gasteiger partial charge is 0.399 e. The fraction of sp³-hybridized carbons (Fsp3) is 0.647. The van der Waals surface area contributed by atoms with Crippen LogP contribution in [0.15, 0.2) is 24.3 Å². The number of hydrogen-bond acceptors (Lipinski definition) is 3. The molecule has 1 aromatic carbocycles. The molecule has 0 bridgehead atoms. The van der Waals surface area contributed by atoms with Crippen LogP contribution in [0.3, 0.4) is 0 Å². The molecular weight excluding hydrogens is 263 g/mol. The van der Waals surface area contributed by atoms with Gasteiger partial charge in [-0.15, -0.1) is 0 Å². The van der Waals surface area contributed by atoms with Crippen LogP contribution in [0.5, 0.6) is 0 Å². The van der Waals surface area contributed by atoms with Gasteiger partial charge in [0.15, 0.2) is 0 Å². The van der Waals surface area contributed by atoms with Crippen molar-refractivity contribution < 1.29 is 14.0 Å². The normalized spacial score (nSPS) is 25.2. The summed E-state index contributed by atoms with van der Waals surface area (Å²) < 4.78 is 17.9. The molecule has 0 N–H and O–H groups in total. The van der Waals surface area contributed by atoms with Crippen LogP contribution in [0.25, 0.3) is 0 Å². The van der Waals surface area contributed by atoms with Crippen molar-refractivity contribution in [1.82, 2.24) is 0 Å². The molecule has 0 atom stereocenters. The van der Waals surface area contributed by atoms with Crippen molar-refractivity contribution in [3.05, 3.63) is 29.8 Å². The standard InChI is InChI=1S/C17H25BO3/c1-16(2)17(3,4)21-18(20-16)15-8-6-5-7-14(15)13-9-11-19-12-10-13/h5-8,13H,9-12H2,1-4H3. The van der Waals surface area contributed by atoms with Crippen molar-refractivity contribution in [2.24, 2.45) is 0 Å². The van der Waals surface area contributed by atoms with Gasteiger partial charge in [-0.3, -0.25) is 0 Å². The Kier molecular flexibility index (Phi) is 3.89. The molecule has 2 fully saturated rings. The maximum atomic E-state index is 6.23. The maximum absolute atomic E-state index is 6.23. The molecule has 114 valence electrons. The van der Waals surface area contributed by atoms with E-state index in [1.54, 1.807) is 0 Å². The van der Waals surface area contributed by atoms with Gasteiger partial charge in [0.25, 0.3) is 0 Å². The van der Waals surface area contributed by atoms with Gasteiger partial charge in [0.2, 0.25) is 0 Å². The second-order valence-electron chi connectivity index (χ2n) is 7.10. The Labute approximate surface area is 128 Å². The third kappa shape index (κ3) is 2.77. The monoisotopic (exact) mass is 288 g/mol. The molecule has 2 aliphatic heterocycles. The Morgan fingerprint density at radius 1 is 0.952 bits per heavy atom. The molecule has 3 rings (SSSR count). The zero-order valence-corrected chi connectivity index (χ0v) is 13.5. The lowest BCUT2D eigenvalue weighted by atomic mass is 9.72. The van der Waals surface area contributed by atoms with E-state index in [1.165, 1.54) is 11.0 Å². The molecule has 2 saturated heterocycles. The first-order chi connectivity index (χ1) is 9.91. The Morgan fingerprint density at radius 2 is 1.52 bits per heavy atom. The quantitative estimate of drug-likeness (QED) is 0.783. The van der Waals surface area contributed by atoms with E-state index in [9.17, 15) is 0 Å². The van der Waals surface area contributed by atoms with Crippen LogP contribution in [-0.2, 0) is 14.0 Å². The summed E-state index contributed by atoms with van der Waals surface area (Å²) in [6.45, 7) is 10.1. The van der Waals surface area contributed by atoms with Crippen LogP contribution < -0.4 is 5.46 Å². The molecule has 2 aliphatic rings. The topological polar surface area (TPSA) is 27.7 Å².